The standard InChI is InChI=1S/C26H30ClN3O3/c1-17-13-25(2,3)16-26(14-17)23(32)30(24(33)29-26)15-21(31)28-22(18-7-5-4-6-8-18)19-9-11-20(27)12-10-19/h4-12,17,22H,13-16H2,1-3H3,(H,28,31)(H,29,33). The van der Waals surface area contributed by atoms with E-state index in [1.54, 1.807) is 12.1 Å². The second-order valence-electron chi connectivity index (χ2n) is 10.2. The molecule has 2 aliphatic rings. The quantitative estimate of drug-likeness (QED) is 0.626. The Bertz CT molecular complexity index is 1050. The van der Waals surface area contributed by atoms with Gasteiger partial charge >= 0.3 is 6.03 Å². The van der Waals surface area contributed by atoms with E-state index in [-0.39, 0.29) is 17.9 Å². The summed E-state index contributed by atoms with van der Waals surface area (Å²) in [6.07, 6.45) is 2.17. The number of imide groups is 1. The Morgan fingerprint density at radius 3 is 2.36 bits per heavy atom. The lowest BCUT2D eigenvalue weighted by Gasteiger charge is -2.43. The van der Waals surface area contributed by atoms with Gasteiger partial charge in [-0.3, -0.25) is 14.5 Å². The predicted octanol–water partition coefficient (Wildman–Crippen LogP) is 4.68. The molecule has 3 unspecified atom stereocenters. The molecule has 1 aliphatic heterocycles. The van der Waals surface area contributed by atoms with E-state index in [2.05, 4.69) is 31.4 Å². The molecule has 2 fully saturated rings. The third kappa shape index (κ3) is 4.91. The van der Waals surface area contributed by atoms with E-state index in [0.29, 0.717) is 23.8 Å². The van der Waals surface area contributed by atoms with Crippen LogP contribution in [0.4, 0.5) is 4.79 Å². The molecule has 4 amide bonds. The summed E-state index contributed by atoms with van der Waals surface area (Å²) < 4.78 is 0. The topological polar surface area (TPSA) is 78.5 Å². The second-order valence-corrected chi connectivity index (χ2v) is 10.7. The van der Waals surface area contributed by atoms with Crippen molar-refractivity contribution in [2.75, 3.05) is 6.54 Å². The van der Waals surface area contributed by atoms with Crippen LogP contribution in [0, 0.1) is 11.3 Å². The number of carbonyl (C=O) groups is 3. The fourth-order valence-electron chi connectivity index (χ4n) is 5.66. The Labute approximate surface area is 199 Å². The van der Waals surface area contributed by atoms with Crippen molar-refractivity contribution in [2.24, 2.45) is 11.3 Å². The van der Waals surface area contributed by atoms with E-state index >= 15 is 0 Å². The number of halogens is 1. The molecule has 0 bridgehead atoms. The predicted molar refractivity (Wildman–Crippen MR) is 128 cm³/mol. The van der Waals surface area contributed by atoms with Gasteiger partial charge in [-0.2, -0.15) is 0 Å². The second kappa shape index (κ2) is 8.82. The van der Waals surface area contributed by atoms with Gasteiger partial charge in [-0.1, -0.05) is 74.8 Å². The minimum atomic E-state index is -0.923. The molecule has 1 saturated heterocycles. The first kappa shape index (κ1) is 23.3. The van der Waals surface area contributed by atoms with E-state index in [1.165, 1.54) is 0 Å². The molecule has 4 rings (SSSR count). The van der Waals surface area contributed by atoms with E-state index in [9.17, 15) is 14.4 Å². The molecule has 7 heteroatoms. The van der Waals surface area contributed by atoms with Crippen LogP contribution in [0.2, 0.25) is 5.02 Å². The molecule has 0 aromatic heterocycles. The van der Waals surface area contributed by atoms with Gasteiger partial charge in [0, 0.05) is 5.02 Å². The number of nitrogens with zero attached hydrogens (tertiary/aromatic N) is 1. The first-order valence-corrected chi connectivity index (χ1v) is 11.7. The molecule has 2 N–H and O–H groups in total. The summed E-state index contributed by atoms with van der Waals surface area (Å²) >= 11 is 6.04. The molecule has 1 heterocycles. The van der Waals surface area contributed by atoms with Gasteiger partial charge in [0.05, 0.1) is 6.04 Å². The Balaban J connectivity index is 1.52. The molecule has 2 aromatic rings. The summed E-state index contributed by atoms with van der Waals surface area (Å²) in [4.78, 5) is 40.3. The summed E-state index contributed by atoms with van der Waals surface area (Å²) in [6.45, 7) is 6.03. The first-order chi connectivity index (χ1) is 15.6. The lowest BCUT2D eigenvalue weighted by Crippen LogP contribution is -2.54. The Morgan fingerprint density at radius 1 is 1.09 bits per heavy atom. The number of benzene rings is 2. The summed E-state index contributed by atoms with van der Waals surface area (Å²) in [5.74, 6) is -0.397. The van der Waals surface area contributed by atoms with E-state index in [1.807, 2.05) is 42.5 Å². The van der Waals surface area contributed by atoms with Crippen molar-refractivity contribution in [3.63, 3.8) is 0 Å². The van der Waals surface area contributed by atoms with Gasteiger partial charge in [0.2, 0.25) is 5.91 Å². The Morgan fingerprint density at radius 2 is 1.73 bits per heavy atom. The van der Waals surface area contributed by atoms with E-state index in [0.717, 1.165) is 22.4 Å². The third-order valence-corrected chi connectivity index (χ3v) is 6.82. The highest BCUT2D eigenvalue weighted by Gasteiger charge is 2.56. The third-order valence-electron chi connectivity index (χ3n) is 6.57. The minimum absolute atomic E-state index is 0.0636. The van der Waals surface area contributed by atoms with Gasteiger partial charge in [0.25, 0.3) is 5.91 Å². The van der Waals surface area contributed by atoms with Gasteiger partial charge < -0.3 is 10.6 Å². The average Bonchev–Trinajstić information content (AvgIpc) is 2.95. The first-order valence-electron chi connectivity index (χ1n) is 11.3. The summed E-state index contributed by atoms with van der Waals surface area (Å²) in [6, 6.07) is 15.9. The van der Waals surface area contributed by atoms with Gasteiger partial charge in [-0.05, 0) is 53.9 Å². The fourth-order valence-corrected chi connectivity index (χ4v) is 5.79. The Kier molecular flexibility index (Phi) is 6.23. The molecular formula is C26H30ClN3O3. The summed E-state index contributed by atoms with van der Waals surface area (Å²) in [5, 5.41) is 6.53. The van der Waals surface area contributed by atoms with Crippen molar-refractivity contribution in [1.29, 1.82) is 0 Å². The smallest absolute Gasteiger partial charge is 0.325 e. The number of nitrogens with one attached hydrogen (secondary N) is 2. The highest BCUT2D eigenvalue weighted by atomic mass is 35.5. The van der Waals surface area contributed by atoms with Crippen LogP contribution in [0.3, 0.4) is 0 Å². The number of rotatable bonds is 5. The lowest BCUT2D eigenvalue weighted by molar-refractivity contribution is -0.137. The molecule has 1 saturated carbocycles. The molecule has 1 aliphatic carbocycles. The van der Waals surface area contributed by atoms with Crippen LogP contribution < -0.4 is 10.6 Å². The van der Waals surface area contributed by atoms with Gasteiger partial charge in [-0.15, -0.1) is 0 Å². The van der Waals surface area contributed by atoms with Crippen molar-refractivity contribution in [2.45, 2.75) is 51.6 Å². The number of carbonyl (C=O) groups excluding carboxylic acids is 3. The molecule has 1 spiro atoms. The monoisotopic (exact) mass is 467 g/mol. The molecular weight excluding hydrogens is 438 g/mol. The van der Waals surface area contributed by atoms with Crippen LogP contribution in [0.15, 0.2) is 54.6 Å². The maximum absolute atomic E-state index is 13.4. The van der Waals surface area contributed by atoms with Crippen molar-refractivity contribution in [3.05, 3.63) is 70.7 Å². The van der Waals surface area contributed by atoms with Crippen molar-refractivity contribution in [3.8, 4) is 0 Å². The largest absolute Gasteiger partial charge is 0.344 e. The van der Waals surface area contributed by atoms with Crippen LogP contribution >= 0.6 is 11.6 Å². The minimum Gasteiger partial charge on any atom is -0.344 e. The summed E-state index contributed by atoms with van der Waals surface area (Å²) in [7, 11) is 0. The zero-order chi connectivity index (χ0) is 23.8. The Hall–Kier alpha value is -2.86. The molecule has 6 nitrogen and oxygen atoms in total. The molecule has 3 atom stereocenters. The maximum Gasteiger partial charge on any atom is 0.325 e. The van der Waals surface area contributed by atoms with Crippen molar-refractivity contribution in [1.82, 2.24) is 15.5 Å². The highest BCUT2D eigenvalue weighted by Crippen LogP contribution is 2.46. The van der Waals surface area contributed by atoms with Crippen LogP contribution in [0.1, 0.15) is 57.2 Å². The van der Waals surface area contributed by atoms with Gasteiger partial charge in [0.1, 0.15) is 12.1 Å². The zero-order valence-electron chi connectivity index (χ0n) is 19.2. The van der Waals surface area contributed by atoms with Crippen LogP contribution in [0.25, 0.3) is 0 Å². The zero-order valence-corrected chi connectivity index (χ0v) is 20.0. The van der Waals surface area contributed by atoms with Crippen LogP contribution in [-0.4, -0.2) is 34.8 Å². The van der Waals surface area contributed by atoms with Crippen LogP contribution in [0.5, 0.6) is 0 Å². The average molecular weight is 468 g/mol. The number of urea groups is 1. The highest BCUT2D eigenvalue weighted by molar-refractivity contribution is 6.30. The lowest BCUT2D eigenvalue weighted by atomic mass is 9.64. The summed E-state index contributed by atoms with van der Waals surface area (Å²) in [5.41, 5.74) is 0.763. The SMILES string of the molecule is CC1CC(C)(C)CC2(C1)NC(=O)N(CC(=O)NC(c1ccccc1)c1ccc(Cl)cc1)C2=O. The maximum atomic E-state index is 13.4. The van der Waals surface area contributed by atoms with E-state index in [4.69, 9.17) is 11.6 Å². The number of hydrogen-bond donors (Lipinski definition) is 2. The van der Waals surface area contributed by atoms with Gasteiger partial charge in [0.15, 0.2) is 0 Å². The number of amides is 4. The van der Waals surface area contributed by atoms with Gasteiger partial charge in [-0.25, -0.2) is 4.79 Å². The fraction of sp³-hybridized carbons (Fsp3) is 0.423. The molecule has 0 radical (unpaired) electrons. The molecule has 2 aromatic carbocycles. The molecule has 174 valence electrons. The molecule has 33 heavy (non-hydrogen) atoms. The normalized spacial score (nSPS) is 25.1. The van der Waals surface area contributed by atoms with Crippen molar-refractivity contribution < 1.29 is 14.4 Å². The van der Waals surface area contributed by atoms with Crippen LogP contribution in [-0.2, 0) is 9.59 Å². The van der Waals surface area contributed by atoms with E-state index < -0.39 is 23.5 Å². The number of hydrogen-bond acceptors (Lipinski definition) is 3. The van der Waals surface area contributed by atoms with Crippen molar-refractivity contribution >= 4 is 29.4 Å².